The van der Waals surface area contributed by atoms with E-state index in [1.54, 1.807) is 30.3 Å². The normalized spacial score (nSPS) is 20.6. The number of halogens is 1. The van der Waals surface area contributed by atoms with Crippen molar-refractivity contribution in [2.75, 3.05) is 0 Å². The summed E-state index contributed by atoms with van der Waals surface area (Å²) in [6.45, 7) is 0. The fourth-order valence-electron chi connectivity index (χ4n) is 2.54. The van der Waals surface area contributed by atoms with Gasteiger partial charge in [-0.05, 0) is 12.8 Å². The molecule has 0 amide bonds. The van der Waals surface area contributed by atoms with E-state index in [9.17, 15) is 14.3 Å². The first-order valence-corrected chi connectivity index (χ1v) is 5.63. The van der Waals surface area contributed by atoms with E-state index >= 15 is 0 Å². The summed E-state index contributed by atoms with van der Waals surface area (Å²) < 4.78 is 14.8. The van der Waals surface area contributed by atoms with Crippen molar-refractivity contribution in [2.45, 2.75) is 31.4 Å². The van der Waals surface area contributed by atoms with Crippen molar-refractivity contribution >= 4 is 5.97 Å². The van der Waals surface area contributed by atoms with Crippen molar-refractivity contribution < 1.29 is 14.3 Å². The van der Waals surface area contributed by atoms with Crippen LogP contribution in [0.15, 0.2) is 30.3 Å². The lowest BCUT2D eigenvalue weighted by molar-refractivity contribution is -0.156. The second-order valence-corrected chi connectivity index (χ2v) is 4.36. The molecule has 0 radical (unpaired) electrons. The smallest absolute Gasteiger partial charge is 0.346 e. The SMILES string of the molecule is O=C(O)[C@@](F)(c1ccccc1)C1CCCC1. The monoisotopic (exact) mass is 222 g/mol. The van der Waals surface area contributed by atoms with Crippen LogP contribution in [0.25, 0.3) is 0 Å². The molecule has 1 atom stereocenters. The fourth-order valence-corrected chi connectivity index (χ4v) is 2.54. The highest BCUT2D eigenvalue weighted by Crippen LogP contribution is 2.43. The molecule has 0 spiro atoms. The van der Waals surface area contributed by atoms with E-state index in [1.165, 1.54) is 0 Å². The van der Waals surface area contributed by atoms with Crippen LogP contribution in [0.2, 0.25) is 0 Å². The molecule has 1 N–H and O–H groups in total. The van der Waals surface area contributed by atoms with Gasteiger partial charge in [0, 0.05) is 11.5 Å². The summed E-state index contributed by atoms with van der Waals surface area (Å²) in [6, 6.07) is 8.25. The van der Waals surface area contributed by atoms with Crippen LogP contribution in [0.3, 0.4) is 0 Å². The Bertz CT molecular complexity index is 371. The molecule has 1 fully saturated rings. The van der Waals surface area contributed by atoms with Crippen LogP contribution in [-0.4, -0.2) is 11.1 Å². The molecule has 1 aliphatic carbocycles. The Hall–Kier alpha value is -1.38. The van der Waals surface area contributed by atoms with Gasteiger partial charge in [-0.25, -0.2) is 9.18 Å². The van der Waals surface area contributed by atoms with Crippen LogP contribution < -0.4 is 0 Å². The first kappa shape index (κ1) is 11.1. The van der Waals surface area contributed by atoms with Crippen LogP contribution in [0.1, 0.15) is 31.2 Å². The van der Waals surface area contributed by atoms with Crippen LogP contribution in [0.4, 0.5) is 4.39 Å². The summed E-state index contributed by atoms with van der Waals surface area (Å²) in [5.74, 6) is -1.74. The van der Waals surface area contributed by atoms with Crippen molar-refractivity contribution in [3.63, 3.8) is 0 Å². The third-order valence-corrected chi connectivity index (χ3v) is 3.42. The van der Waals surface area contributed by atoms with Gasteiger partial charge in [0.2, 0.25) is 5.67 Å². The lowest BCUT2D eigenvalue weighted by Gasteiger charge is -2.27. The number of aliphatic carboxylic acids is 1. The van der Waals surface area contributed by atoms with Gasteiger partial charge in [-0.2, -0.15) is 0 Å². The molecule has 0 unspecified atom stereocenters. The van der Waals surface area contributed by atoms with Gasteiger partial charge in [-0.3, -0.25) is 0 Å². The van der Waals surface area contributed by atoms with Crippen molar-refractivity contribution in [3.05, 3.63) is 35.9 Å². The van der Waals surface area contributed by atoms with Gasteiger partial charge < -0.3 is 5.11 Å². The van der Waals surface area contributed by atoms with Gasteiger partial charge in [0.1, 0.15) is 0 Å². The lowest BCUT2D eigenvalue weighted by atomic mass is 9.82. The molecule has 0 heterocycles. The van der Waals surface area contributed by atoms with Crippen LogP contribution in [0, 0.1) is 5.92 Å². The van der Waals surface area contributed by atoms with Crippen LogP contribution >= 0.6 is 0 Å². The van der Waals surface area contributed by atoms with E-state index in [2.05, 4.69) is 0 Å². The molecular weight excluding hydrogens is 207 g/mol. The molecule has 0 aromatic heterocycles. The van der Waals surface area contributed by atoms with Crippen molar-refractivity contribution in [3.8, 4) is 0 Å². The molecule has 0 bridgehead atoms. The molecule has 1 aromatic rings. The second-order valence-electron chi connectivity index (χ2n) is 4.36. The molecule has 2 rings (SSSR count). The molecule has 1 aromatic carbocycles. The Kier molecular flexibility index (Phi) is 2.95. The number of hydrogen-bond acceptors (Lipinski definition) is 1. The van der Waals surface area contributed by atoms with E-state index in [1.807, 2.05) is 0 Å². The number of alkyl halides is 1. The standard InChI is InChI=1S/C13H15FO2/c14-13(12(15)16,11-8-4-5-9-11)10-6-2-1-3-7-10/h1-3,6-7,11H,4-5,8-9H2,(H,15,16)/t13-/m1/s1. The van der Waals surface area contributed by atoms with Gasteiger partial charge in [0.25, 0.3) is 0 Å². The van der Waals surface area contributed by atoms with E-state index in [-0.39, 0.29) is 11.5 Å². The maximum atomic E-state index is 14.8. The topological polar surface area (TPSA) is 37.3 Å². The summed E-state index contributed by atoms with van der Waals surface area (Å²) >= 11 is 0. The average molecular weight is 222 g/mol. The molecule has 0 aliphatic heterocycles. The quantitative estimate of drug-likeness (QED) is 0.853. The van der Waals surface area contributed by atoms with Gasteiger partial charge in [-0.15, -0.1) is 0 Å². The maximum Gasteiger partial charge on any atom is 0.346 e. The van der Waals surface area contributed by atoms with Crippen LogP contribution in [-0.2, 0) is 10.5 Å². The lowest BCUT2D eigenvalue weighted by Crippen LogP contribution is -2.37. The third-order valence-electron chi connectivity index (χ3n) is 3.42. The zero-order valence-corrected chi connectivity index (χ0v) is 9.03. The molecule has 1 saturated carbocycles. The Balaban J connectivity index is 2.39. The number of benzene rings is 1. The zero-order valence-electron chi connectivity index (χ0n) is 9.03. The number of carboxylic acid groups (broad SMARTS) is 1. The third kappa shape index (κ3) is 1.70. The predicted molar refractivity (Wildman–Crippen MR) is 58.8 cm³/mol. The maximum absolute atomic E-state index is 14.8. The molecule has 16 heavy (non-hydrogen) atoms. The summed E-state index contributed by atoms with van der Waals surface area (Å²) in [6.07, 6.45) is 3.18. The largest absolute Gasteiger partial charge is 0.479 e. The number of carboxylic acids is 1. The molecule has 86 valence electrons. The number of hydrogen-bond donors (Lipinski definition) is 1. The summed E-state index contributed by atoms with van der Waals surface area (Å²) in [5, 5.41) is 9.17. The first-order valence-electron chi connectivity index (χ1n) is 5.63. The molecule has 3 heteroatoms. The highest BCUT2D eigenvalue weighted by Gasteiger charge is 2.48. The highest BCUT2D eigenvalue weighted by atomic mass is 19.1. The molecular formula is C13H15FO2. The minimum Gasteiger partial charge on any atom is -0.479 e. The van der Waals surface area contributed by atoms with E-state index in [0.29, 0.717) is 12.8 Å². The summed E-state index contributed by atoms with van der Waals surface area (Å²) in [4.78, 5) is 11.2. The van der Waals surface area contributed by atoms with Gasteiger partial charge in [0.05, 0.1) is 0 Å². The van der Waals surface area contributed by atoms with Gasteiger partial charge >= 0.3 is 5.97 Å². The second kappa shape index (κ2) is 4.24. The molecule has 0 saturated heterocycles. The molecule has 2 nitrogen and oxygen atoms in total. The summed E-state index contributed by atoms with van der Waals surface area (Å²) in [7, 11) is 0. The van der Waals surface area contributed by atoms with E-state index in [0.717, 1.165) is 12.8 Å². The van der Waals surface area contributed by atoms with Crippen molar-refractivity contribution in [2.24, 2.45) is 5.92 Å². The van der Waals surface area contributed by atoms with Crippen molar-refractivity contribution in [1.29, 1.82) is 0 Å². The number of rotatable bonds is 3. The van der Waals surface area contributed by atoms with E-state index in [4.69, 9.17) is 0 Å². The summed E-state index contributed by atoms with van der Waals surface area (Å²) in [5.41, 5.74) is -1.94. The Morgan fingerprint density at radius 3 is 2.31 bits per heavy atom. The first-order chi connectivity index (χ1) is 7.65. The minimum absolute atomic E-state index is 0.273. The minimum atomic E-state index is -2.21. The molecule has 1 aliphatic rings. The van der Waals surface area contributed by atoms with Crippen LogP contribution in [0.5, 0.6) is 0 Å². The Morgan fingerprint density at radius 1 is 1.25 bits per heavy atom. The Labute approximate surface area is 94.1 Å². The van der Waals surface area contributed by atoms with Crippen molar-refractivity contribution in [1.82, 2.24) is 0 Å². The number of carbonyl (C=O) groups is 1. The van der Waals surface area contributed by atoms with Gasteiger partial charge in [-0.1, -0.05) is 43.2 Å². The Morgan fingerprint density at radius 2 is 1.81 bits per heavy atom. The highest BCUT2D eigenvalue weighted by molar-refractivity contribution is 5.79. The predicted octanol–water partition coefficient (Wildman–Crippen LogP) is 3.13. The fraction of sp³-hybridized carbons (Fsp3) is 0.462. The van der Waals surface area contributed by atoms with Gasteiger partial charge in [0.15, 0.2) is 0 Å². The van der Waals surface area contributed by atoms with E-state index < -0.39 is 11.6 Å². The average Bonchev–Trinajstić information content (AvgIpc) is 2.82. The zero-order chi connectivity index (χ0) is 11.6.